The summed E-state index contributed by atoms with van der Waals surface area (Å²) in [6.07, 6.45) is -0.299. The Kier molecular flexibility index (Phi) is 11.7. The van der Waals surface area contributed by atoms with E-state index in [1.165, 1.54) is 0 Å². The number of amides is 3. The van der Waals surface area contributed by atoms with Gasteiger partial charge in [-0.1, -0.05) is 18.2 Å². The molecule has 0 spiro atoms. The number of carboxylic acids is 3. The summed E-state index contributed by atoms with van der Waals surface area (Å²) in [5.41, 5.74) is 6.98. The number of aliphatic carboxylic acids is 3. The van der Waals surface area contributed by atoms with Gasteiger partial charge >= 0.3 is 17.9 Å². The number of para-hydroxylation sites is 1. The Morgan fingerprint density at radius 2 is 1.33 bits per heavy atom. The van der Waals surface area contributed by atoms with Gasteiger partial charge in [0.15, 0.2) is 0 Å². The van der Waals surface area contributed by atoms with E-state index in [0.717, 1.165) is 10.9 Å². The van der Waals surface area contributed by atoms with Crippen LogP contribution < -0.4 is 21.7 Å². The van der Waals surface area contributed by atoms with E-state index in [4.69, 9.17) is 15.9 Å². The van der Waals surface area contributed by atoms with Crippen LogP contribution in [0.2, 0.25) is 0 Å². The molecule has 0 saturated heterocycles. The minimum absolute atomic E-state index is 0.0598. The van der Waals surface area contributed by atoms with E-state index >= 15 is 0 Å². The molecule has 14 nitrogen and oxygen atoms in total. The minimum atomic E-state index is -1.50. The van der Waals surface area contributed by atoms with E-state index < -0.39 is 79.1 Å². The average molecular weight is 566 g/mol. The fourth-order valence-corrected chi connectivity index (χ4v) is 3.87. The lowest BCUT2D eigenvalue weighted by atomic mass is 10.0. The van der Waals surface area contributed by atoms with Gasteiger partial charge in [0.05, 0.1) is 6.04 Å². The van der Waals surface area contributed by atoms with E-state index in [0.29, 0.717) is 5.56 Å². The molecule has 3 amide bonds. The molecule has 0 saturated carbocycles. The Morgan fingerprint density at radius 1 is 0.821 bits per heavy atom. The molecule has 0 bridgehead atoms. The van der Waals surface area contributed by atoms with Crippen LogP contribution in [0, 0.1) is 0 Å². The van der Waals surface area contributed by atoms with Crippen LogP contribution in [0.5, 0.6) is 0 Å². The van der Waals surface area contributed by atoms with Crippen molar-refractivity contribution in [1.29, 1.82) is 0 Å². The number of carbonyl (C=O) groups excluding carboxylic acids is 3. The molecule has 4 unspecified atom stereocenters. The van der Waals surface area contributed by atoms with E-state index in [9.17, 15) is 33.9 Å². The molecule has 1 aromatic heterocycles. The van der Waals surface area contributed by atoms with Gasteiger partial charge in [-0.25, -0.2) is 4.79 Å². The second-order valence-corrected chi connectivity index (χ2v) is 9.10. The second-order valence-electron chi connectivity index (χ2n) is 8.74. The Balaban J connectivity index is 2.21. The number of thiol groups is 1. The zero-order valence-corrected chi connectivity index (χ0v) is 21.6. The zero-order valence-electron chi connectivity index (χ0n) is 20.8. The molecular formula is C24H31N5O9S. The van der Waals surface area contributed by atoms with E-state index in [1.54, 1.807) is 30.5 Å². The van der Waals surface area contributed by atoms with Crippen LogP contribution in [0.15, 0.2) is 30.5 Å². The number of rotatable bonds is 16. The summed E-state index contributed by atoms with van der Waals surface area (Å²) in [5.74, 6) is -6.66. The van der Waals surface area contributed by atoms with Crippen LogP contribution in [-0.4, -0.2) is 85.9 Å². The van der Waals surface area contributed by atoms with E-state index in [1.807, 2.05) is 0 Å². The number of nitrogens with two attached hydrogens (primary N) is 1. The lowest BCUT2D eigenvalue weighted by Crippen LogP contribution is -2.57. The van der Waals surface area contributed by atoms with Crippen molar-refractivity contribution in [2.75, 3.05) is 5.75 Å². The monoisotopic (exact) mass is 565 g/mol. The number of fused-ring (bicyclic) bond motifs is 1. The van der Waals surface area contributed by atoms with Crippen LogP contribution in [0.3, 0.4) is 0 Å². The largest absolute Gasteiger partial charge is 0.481 e. The molecule has 0 radical (unpaired) electrons. The highest BCUT2D eigenvalue weighted by atomic mass is 32.1. The molecule has 212 valence electrons. The first-order chi connectivity index (χ1) is 18.4. The third kappa shape index (κ3) is 9.61. The van der Waals surface area contributed by atoms with Gasteiger partial charge in [-0.05, 0) is 24.5 Å². The van der Waals surface area contributed by atoms with Gasteiger partial charge in [-0.3, -0.25) is 24.0 Å². The summed E-state index contributed by atoms with van der Waals surface area (Å²) in [4.78, 5) is 75.4. The Hall–Kier alpha value is -4.11. The highest BCUT2D eigenvalue weighted by Gasteiger charge is 2.31. The first kappa shape index (κ1) is 31.1. The zero-order chi connectivity index (χ0) is 29.1. The molecule has 2 aromatic rings. The maximum Gasteiger partial charge on any atom is 0.326 e. The molecule has 0 fully saturated rings. The third-order valence-corrected chi connectivity index (χ3v) is 6.20. The number of carboxylic acid groups (broad SMARTS) is 3. The lowest BCUT2D eigenvalue weighted by Gasteiger charge is -2.24. The molecule has 0 aliphatic carbocycles. The number of hydrogen-bond donors (Lipinski definition) is 9. The average Bonchev–Trinajstić information content (AvgIpc) is 3.30. The summed E-state index contributed by atoms with van der Waals surface area (Å²) in [6, 6.07) is 1.72. The van der Waals surface area contributed by atoms with Crippen molar-refractivity contribution in [3.63, 3.8) is 0 Å². The predicted molar refractivity (Wildman–Crippen MR) is 141 cm³/mol. The molecule has 15 heteroatoms. The molecule has 9 N–H and O–H groups in total. The summed E-state index contributed by atoms with van der Waals surface area (Å²) in [7, 11) is 0. The van der Waals surface area contributed by atoms with Gasteiger partial charge in [-0.2, -0.15) is 12.6 Å². The van der Waals surface area contributed by atoms with E-state index in [-0.39, 0.29) is 18.6 Å². The van der Waals surface area contributed by atoms with Crippen molar-refractivity contribution in [3.8, 4) is 0 Å². The lowest BCUT2D eigenvalue weighted by molar-refractivity contribution is -0.143. The molecule has 0 aliphatic heterocycles. The maximum absolute atomic E-state index is 13.1. The van der Waals surface area contributed by atoms with Crippen molar-refractivity contribution >= 4 is 59.2 Å². The first-order valence-electron chi connectivity index (χ1n) is 11.9. The predicted octanol–water partition coefficient (Wildman–Crippen LogP) is -0.764. The van der Waals surface area contributed by atoms with Crippen molar-refractivity contribution < 1.29 is 44.1 Å². The Labute approximate surface area is 228 Å². The number of benzene rings is 1. The highest BCUT2D eigenvalue weighted by Crippen LogP contribution is 2.19. The minimum Gasteiger partial charge on any atom is -0.481 e. The number of aromatic amines is 1. The number of aromatic nitrogens is 1. The molecule has 1 aromatic carbocycles. The van der Waals surface area contributed by atoms with Crippen LogP contribution in [0.4, 0.5) is 0 Å². The van der Waals surface area contributed by atoms with Gasteiger partial charge in [-0.15, -0.1) is 0 Å². The fraction of sp³-hybridized carbons (Fsp3) is 0.417. The van der Waals surface area contributed by atoms with Crippen LogP contribution in [0.25, 0.3) is 10.9 Å². The second kappa shape index (κ2) is 14.7. The van der Waals surface area contributed by atoms with Crippen LogP contribution in [-0.2, 0) is 35.2 Å². The smallest absolute Gasteiger partial charge is 0.326 e. The molecule has 0 aliphatic rings. The standard InChI is InChI=1S/C24H31N5O9S/c25-14(11-39)21(34)27-16(5-7-19(30)31)22(35)28-17(6-8-20(32)33)23(36)29-18(24(37)38)9-12-10-26-15-4-2-1-3-13(12)15/h1-4,10,14,16-18,26,39H,5-9,11,25H2,(H,27,34)(H,28,35)(H,29,36)(H,30,31)(H,32,33)(H,37,38). The number of carbonyl (C=O) groups is 6. The van der Waals surface area contributed by atoms with Crippen molar-refractivity contribution in [1.82, 2.24) is 20.9 Å². The van der Waals surface area contributed by atoms with E-state index in [2.05, 4.69) is 33.6 Å². The van der Waals surface area contributed by atoms with Crippen LogP contribution in [0.1, 0.15) is 31.2 Å². The van der Waals surface area contributed by atoms with Gasteiger partial charge in [0.25, 0.3) is 0 Å². The van der Waals surface area contributed by atoms with Crippen molar-refractivity contribution in [2.45, 2.75) is 56.3 Å². The normalized spacial score (nSPS) is 14.0. The van der Waals surface area contributed by atoms with Gasteiger partial charge < -0.3 is 42.0 Å². The Bertz CT molecular complexity index is 1220. The van der Waals surface area contributed by atoms with Gasteiger partial charge in [0.2, 0.25) is 17.7 Å². The number of hydrogen-bond acceptors (Lipinski definition) is 8. The summed E-state index contributed by atoms with van der Waals surface area (Å²) < 4.78 is 0. The summed E-state index contributed by atoms with van der Waals surface area (Å²) >= 11 is 3.90. The Morgan fingerprint density at radius 3 is 1.85 bits per heavy atom. The molecule has 39 heavy (non-hydrogen) atoms. The summed E-state index contributed by atoms with van der Waals surface area (Å²) in [6.45, 7) is 0. The van der Waals surface area contributed by atoms with Crippen molar-refractivity contribution in [3.05, 3.63) is 36.0 Å². The molecule has 4 atom stereocenters. The summed E-state index contributed by atoms with van der Waals surface area (Å²) in [5, 5.41) is 35.5. The molecule has 2 rings (SSSR count). The van der Waals surface area contributed by atoms with Gasteiger partial charge in [0.1, 0.15) is 18.1 Å². The SMILES string of the molecule is NC(CS)C(=O)NC(CCC(=O)O)C(=O)NC(CCC(=O)O)C(=O)NC(Cc1c[nH]c2ccccc12)C(=O)O. The topological polar surface area (TPSA) is 241 Å². The number of H-pyrrole nitrogens is 1. The third-order valence-electron chi connectivity index (χ3n) is 5.81. The molecule has 1 heterocycles. The fourth-order valence-electron chi connectivity index (χ4n) is 3.70. The number of nitrogens with one attached hydrogen (secondary N) is 4. The maximum atomic E-state index is 13.1. The van der Waals surface area contributed by atoms with Crippen LogP contribution >= 0.6 is 12.6 Å². The van der Waals surface area contributed by atoms with Gasteiger partial charge in [0, 0.05) is 42.1 Å². The highest BCUT2D eigenvalue weighted by molar-refractivity contribution is 7.80. The van der Waals surface area contributed by atoms with Crippen molar-refractivity contribution in [2.24, 2.45) is 5.73 Å². The first-order valence-corrected chi connectivity index (χ1v) is 12.5. The molecular weight excluding hydrogens is 534 g/mol. The quantitative estimate of drug-likeness (QED) is 0.115.